The molecule has 4 heteroatoms. The van der Waals surface area contributed by atoms with Crippen molar-refractivity contribution in [1.82, 2.24) is 0 Å². The summed E-state index contributed by atoms with van der Waals surface area (Å²) in [5.41, 5.74) is -0.303. The standard InChI is InChI=1S/C11H20O2.C2H4O2/c1-4-11(2,3)10(12)13-9-7-5-6-8-9;1-2(3)4/h9H,4-8H2,1-3H3;1H3,(H,3,4). The van der Waals surface area contributed by atoms with Crippen LogP contribution in [0.5, 0.6) is 0 Å². The van der Waals surface area contributed by atoms with Crippen molar-refractivity contribution in [2.24, 2.45) is 5.41 Å². The van der Waals surface area contributed by atoms with Gasteiger partial charge in [-0.05, 0) is 46.0 Å². The van der Waals surface area contributed by atoms with Crippen LogP contribution in [0.1, 0.15) is 59.8 Å². The van der Waals surface area contributed by atoms with E-state index in [1.807, 2.05) is 20.8 Å². The van der Waals surface area contributed by atoms with Crippen molar-refractivity contribution in [1.29, 1.82) is 0 Å². The first-order valence-electron chi connectivity index (χ1n) is 6.20. The third kappa shape index (κ3) is 6.97. The Bertz CT molecular complexity index is 248. The summed E-state index contributed by atoms with van der Waals surface area (Å²) >= 11 is 0. The fourth-order valence-electron chi connectivity index (χ4n) is 1.46. The summed E-state index contributed by atoms with van der Waals surface area (Å²) < 4.78 is 5.43. The number of esters is 1. The summed E-state index contributed by atoms with van der Waals surface area (Å²) in [5, 5.41) is 7.42. The summed E-state index contributed by atoms with van der Waals surface area (Å²) in [5.74, 6) is -0.859. The average molecular weight is 244 g/mol. The van der Waals surface area contributed by atoms with Gasteiger partial charge in [-0.15, -0.1) is 0 Å². The van der Waals surface area contributed by atoms with Gasteiger partial charge in [0.1, 0.15) is 6.10 Å². The van der Waals surface area contributed by atoms with Crippen LogP contribution in [0.3, 0.4) is 0 Å². The van der Waals surface area contributed by atoms with Crippen LogP contribution in [0, 0.1) is 5.41 Å². The molecule has 0 amide bonds. The zero-order chi connectivity index (χ0) is 13.5. The number of carboxylic acid groups (broad SMARTS) is 1. The quantitative estimate of drug-likeness (QED) is 0.775. The van der Waals surface area contributed by atoms with Gasteiger partial charge >= 0.3 is 5.97 Å². The number of carbonyl (C=O) groups excluding carboxylic acids is 1. The van der Waals surface area contributed by atoms with Crippen molar-refractivity contribution in [3.8, 4) is 0 Å². The second kappa shape index (κ2) is 7.30. The number of rotatable bonds is 3. The minimum absolute atomic E-state index is 0.0260. The maximum Gasteiger partial charge on any atom is 0.311 e. The van der Waals surface area contributed by atoms with Gasteiger partial charge in [-0.2, -0.15) is 0 Å². The van der Waals surface area contributed by atoms with Crippen molar-refractivity contribution in [3.05, 3.63) is 0 Å². The smallest absolute Gasteiger partial charge is 0.311 e. The first-order chi connectivity index (χ1) is 7.79. The highest BCUT2D eigenvalue weighted by Gasteiger charge is 2.30. The normalized spacial score (nSPS) is 16.0. The molecule has 4 nitrogen and oxygen atoms in total. The van der Waals surface area contributed by atoms with E-state index < -0.39 is 5.97 Å². The summed E-state index contributed by atoms with van der Waals surface area (Å²) in [6.07, 6.45) is 5.60. The molecule has 1 aliphatic carbocycles. The molecule has 0 saturated heterocycles. The molecule has 1 saturated carbocycles. The van der Waals surface area contributed by atoms with Gasteiger partial charge in [0.05, 0.1) is 5.41 Å². The molecule has 0 radical (unpaired) electrons. The summed E-state index contributed by atoms with van der Waals surface area (Å²) in [6.45, 7) is 7.00. The molecule has 100 valence electrons. The molecule has 0 aliphatic heterocycles. The van der Waals surface area contributed by atoms with Crippen LogP contribution in [0.25, 0.3) is 0 Å². The molecule has 0 bridgehead atoms. The lowest BCUT2D eigenvalue weighted by molar-refractivity contribution is -0.159. The Morgan fingerprint density at radius 2 is 1.71 bits per heavy atom. The Kier molecular flexibility index (Phi) is 6.85. The van der Waals surface area contributed by atoms with Crippen LogP contribution in [-0.4, -0.2) is 23.1 Å². The highest BCUT2D eigenvalue weighted by Crippen LogP contribution is 2.27. The van der Waals surface area contributed by atoms with Crippen molar-refractivity contribution < 1.29 is 19.4 Å². The number of ether oxygens (including phenoxy) is 1. The molecule has 0 atom stereocenters. The van der Waals surface area contributed by atoms with Gasteiger partial charge in [0, 0.05) is 6.92 Å². The Morgan fingerprint density at radius 1 is 1.29 bits per heavy atom. The summed E-state index contributed by atoms with van der Waals surface area (Å²) in [7, 11) is 0. The van der Waals surface area contributed by atoms with Crippen LogP contribution < -0.4 is 0 Å². The minimum Gasteiger partial charge on any atom is -0.481 e. The van der Waals surface area contributed by atoms with Gasteiger partial charge in [-0.1, -0.05) is 6.92 Å². The fourth-order valence-corrected chi connectivity index (χ4v) is 1.46. The molecule has 0 aromatic rings. The van der Waals surface area contributed by atoms with Crippen molar-refractivity contribution in [3.63, 3.8) is 0 Å². The highest BCUT2D eigenvalue weighted by molar-refractivity contribution is 5.76. The van der Waals surface area contributed by atoms with Crippen molar-refractivity contribution >= 4 is 11.9 Å². The monoisotopic (exact) mass is 244 g/mol. The van der Waals surface area contributed by atoms with E-state index in [4.69, 9.17) is 14.6 Å². The molecule has 1 rings (SSSR count). The predicted octanol–water partition coefficient (Wildman–Crippen LogP) is 3.00. The van der Waals surface area contributed by atoms with E-state index in [2.05, 4.69) is 0 Å². The molecule has 17 heavy (non-hydrogen) atoms. The first kappa shape index (κ1) is 15.9. The van der Waals surface area contributed by atoms with Crippen LogP contribution in [0.2, 0.25) is 0 Å². The number of hydrogen-bond acceptors (Lipinski definition) is 3. The van der Waals surface area contributed by atoms with Gasteiger partial charge in [-0.25, -0.2) is 0 Å². The SMILES string of the molecule is CC(=O)O.CCC(C)(C)C(=O)OC1CCCC1. The van der Waals surface area contributed by atoms with E-state index >= 15 is 0 Å². The van der Waals surface area contributed by atoms with E-state index in [1.54, 1.807) is 0 Å². The van der Waals surface area contributed by atoms with E-state index in [0.717, 1.165) is 26.2 Å². The molecule has 0 aromatic heterocycles. The molecular formula is C13H24O4. The van der Waals surface area contributed by atoms with Crippen molar-refractivity contribution in [2.45, 2.75) is 65.9 Å². The second-order valence-corrected chi connectivity index (χ2v) is 5.07. The molecule has 1 aliphatic rings. The molecule has 1 fully saturated rings. The summed E-state index contributed by atoms with van der Waals surface area (Å²) in [4.78, 5) is 20.6. The second-order valence-electron chi connectivity index (χ2n) is 5.07. The first-order valence-corrected chi connectivity index (χ1v) is 6.20. The Balaban J connectivity index is 0.000000557. The van der Waals surface area contributed by atoms with Gasteiger partial charge in [0.2, 0.25) is 0 Å². The predicted molar refractivity (Wildman–Crippen MR) is 65.7 cm³/mol. The lowest BCUT2D eigenvalue weighted by atomic mass is 9.90. The van der Waals surface area contributed by atoms with E-state index in [1.165, 1.54) is 12.8 Å². The number of carboxylic acids is 1. The Hall–Kier alpha value is -1.06. The van der Waals surface area contributed by atoms with Gasteiger partial charge in [-0.3, -0.25) is 9.59 Å². The molecule has 0 spiro atoms. The molecule has 0 aromatic carbocycles. The maximum absolute atomic E-state index is 11.6. The van der Waals surface area contributed by atoms with Crippen LogP contribution in [-0.2, 0) is 14.3 Å². The lowest BCUT2D eigenvalue weighted by Gasteiger charge is -2.23. The molecule has 0 heterocycles. The Labute approximate surface area is 103 Å². The van der Waals surface area contributed by atoms with Gasteiger partial charge in [0.15, 0.2) is 0 Å². The molecular weight excluding hydrogens is 220 g/mol. The van der Waals surface area contributed by atoms with E-state index in [0.29, 0.717) is 0 Å². The highest BCUT2D eigenvalue weighted by atomic mass is 16.5. The molecule has 1 N–H and O–H groups in total. The zero-order valence-electron chi connectivity index (χ0n) is 11.3. The summed E-state index contributed by atoms with van der Waals surface area (Å²) in [6, 6.07) is 0. The van der Waals surface area contributed by atoms with Crippen LogP contribution >= 0.6 is 0 Å². The van der Waals surface area contributed by atoms with Crippen LogP contribution in [0.4, 0.5) is 0 Å². The van der Waals surface area contributed by atoms with E-state index in [9.17, 15) is 4.79 Å². The third-order valence-electron chi connectivity index (χ3n) is 3.01. The average Bonchev–Trinajstić information content (AvgIpc) is 2.69. The van der Waals surface area contributed by atoms with Gasteiger partial charge in [0.25, 0.3) is 5.97 Å². The molecule has 0 unspecified atom stereocenters. The van der Waals surface area contributed by atoms with Crippen LogP contribution in [0.15, 0.2) is 0 Å². The minimum atomic E-state index is -0.833. The van der Waals surface area contributed by atoms with Gasteiger partial charge < -0.3 is 9.84 Å². The topological polar surface area (TPSA) is 63.6 Å². The Morgan fingerprint density at radius 3 is 2.06 bits per heavy atom. The zero-order valence-corrected chi connectivity index (χ0v) is 11.3. The number of carbonyl (C=O) groups is 2. The number of hydrogen-bond donors (Lipinski definition) is 1. The fraction of sp³-hybridized carbons (Fsp3) is 0.846. The van der Waals surface area contributed by atoms with E-state index in [-0.39, 0.29) is 17.5 Å². The maximum atomic E-state index is 11.6. The number of aliphatic carboxylic acids is 1. The lowest BCUT2D eigenvalue weighted by Crippen LogP contribution is -2.29. The largest absolute Gasteiger partial charge is 0.481 e. The third-order valence-corrected chi connectivity index (χ3v) is 3.01. The van der Waals surface area contributed by atoms with Crippen molar-refractivity contribution in [2.75, 3.05) is 0 Å².